The monoisotopic (exact) mass is 858 g/mol. The zero-order valence-corrected chi connectivity index (χ0v) is 38.2. The Kier molecular flexibility index (Phi) is 19.3. The molecule has 2 aliphatic heterocycles. The summed E-state index contributed by atoms with van der Waals surface area (Å²) in [6, 6.07) is -0.400. The fourth-order valence-corrected chi connectivity index (χ4v) is 7.03. The Bertz CT molecular complexity index is 1460. The minimum absolute atomic E-state index is 0.0175. The number of carboxylic acid groups (broad SMARTS) is 1. The van der Waals surface area contributed by atoms with Crippen molar-refractivity contribution in [3.8, 4) is 6.07 Å². The van der Waals surface area contributed by atoms with E-state index in [1.54, 1.807) is 68.4 Å². The molecule has 1 amide bonds. The first-order valence-electron chi connectivity index (χ1n) is 21.0. The molecule has 0 bridgehead atoms. The molecular weight excluding hydrogens is 784 g/mol. The lowest BCUT2D eigenvalue weighted by molar-refractivity contribution is -0.158. The minimum Gasteiger partial charge on any atom is -0.480 e. The van der Waals surface area contributed by atoms with Crippen molar-refractivity contribution in [1.82, 2.24) is 29.8 Å². The van der Waals surface area contributed by atoms with Crippen LogP contribution < -0.4 is 5.32 Å². The van der Waals surface area contributed by atoms with Crippen LogP contribution >= 0.6 is 0 Å². The van der Waals surface area contributed by atoms with E-state index in [2.05, 4.69) is 5.32 Å². The third-order valence-electron chi connectivity index (χ3n) is 10.4. The number of hydrogen-bond donors (Lipinski definition) is 2. The van der Waals surface area contributed by atoms with Crippen LogP contribution in [0.5, 0.6) is 0 Å². The summed E-state index contributed by atoms with van der Waals surface area (Å²) in [5.74, 6) is -6.31. The Morgan fingerprint density at radius 2 is 1.12 bits per heavy atom. The molecule has 0 spiro atoms. The Morgan fingerprint density at radius 1 is 0.733 bits per heavy atom. The molecule has 2 unspecified atom stereocenters. The van der Waals surface area contributed by atoms with Crippen molar-refractivity contribution in [3.05, 3.63) is 0 Å². The SMILES string of the molecule is CC(CC(C(=O)O)N1CCN(CC(=O)OC(C)(C)C)CCN(CC(=O)OC(C)(C)C)CCN(CC(=O)OC(C)(C)C)CC1)C(C)(C)CNCC(=O)N1CC(F)(F)C[C@H]1C#N. The van der Waals surface area contributed by atoms with Crippen LogP contribution in [0, 0.1) is 22.7 Å². The molecule has 2 N–H and O–H groups in total. The second-order valence-corrected chi connectivity index (χ2v) is 19.9. The number of nitrogens with one attached hydrogen (secondary N) is 1. The number of esters is 3. The van der Waals surface area contributed by atoms with Crippen LogP contribution in [-0.4, -0.2) is 186 Å². The molecule has 2 heterocycles. The summed E-state index contributed by atoms with van der Waals surface area (Å²) in [6.45, 7) is 23.4. The smallest absolute Gasteiger partial charge is 0.320 e. The van der Waals surface area contributed by atoms with Crippen LogP contribution in [0.25, 0.3) is 0 Å². The van der Waals surface area contributed by atoms with E-state index in [9.17, 15) is 43.1 Å². The minimum atomic E-state index is -3.12. The van der Waals surface area contributed by atoms with Gasteiger partial charge in [0.25, 0.3) is 5.92 Å². The Hall–Kier alpha value is -3.50. The molecule has 2 saturated heterocycles. The number of carboxylic acids is 1. The van der Waals surface area contributed by atoms with Gasteiger partial charge in [-0.25, -0.2) is 8.78 Å². The Balaban J connectivity index is 2.36. The number of carbonyl (C=O) groups is 5. The number of carbonyl (C=O) groups excluding carboxylic acids is 4. The molecule has 344 valence electrons. The van der Waals surface area contributed by atoms with Crippen LogP contribution in [0.15, 0.2) is 0 Å². The van der Waals surface area contributed by atoms with Gasteiger partial charge in [-0.05, 0) is 80.1 Å². The van der Waals surface area contributed by atoms with E-state index >= 15 is 0 Å². The van der Waals surface area contributed by atoms with Crippen molar-refractivity contribution in [3.63, 3.8) is 0 Å². The summed E-state index contributed by atoms with van der Waals surface area (Å²) in [4.78, 5) is 73.7. The lowest BCUT2D eigenvalue weighted by Crippen LogP contribution is -2.53. The fraction of sp³-hybridized carbons (Fsp3) is 0.857. The average molecular weight is 858 g/mol. The Labute approximate surface area is 356 Å². The van der Waals surface area contributed by atoms with Gasteiger partial charge in [-0.2, -0.15) is 5.26 Å². The maximum absolute atomic E-state index is 14.0. The van der Waals surface area contributed by atoms with Gasteiger partial charge in [-0.3, -0.25) is 43.6 Å². The van der Waals surface area contributed by atoms with E-state index in [0.717, 1.165) is 4.90 Å². The first kappa shape index (κ1) is 52.6. The van der Waals surface area contributed by atoms with E-state index in [0.29, 0.717) is 26.2 Å². The van der Waals surface area contributed by atoms with Crippen molar-refractivity contribution in [1.29, 1.82) is 5.26 Å². The Morgan fingerprint density at radius 3 is 1.47 bits per heavy atom. The number of halogens is 2. The summed E-state index contributed by atoms with van der Waals surface area (Å²) in [5.41, 5.74) is -2.71. The van der Waals surface area contributed by atoms with Gasteiger partial charge in [0, 0.05) is 65.3 Å². The van der Waals surface area contributed by atoms with Crippen LogP contribution in [-0.2, 0) is 38.2 Å². The molecule has 0 radical (unpaired) electrons. The number of hydrogen-bond acceptors (Lipinski definition) is 14. The van der Waals surface area contributed by atoms with Gasteiger partial charge in [0.2, 0.25) is 5.91 Å². The molecule has 18 heteroatoms. The molecule has 2 aliphatic rings. The maximum Gasteiger partial charge on any atom is 0.320 e. The molecule has 60 heavy (non-hydrogen) atoms. The van der Waals surface area contributed by atoms with Gasteiger partial charge in [-0.1, -0.05) is 20.8 Å². The maximum atomic E-state index is 14.0. The first-order chi connectivity index (χ1) is 27.4. The van der Waals surface area contributed by atoms with Crippen LogP contribution in [0.1, 0.15) is 95.9 Å². The predicted octanol–water partition coefficient (Wildman–Crippen LogP) is 3.09. The summed E-state index contributed by atoms with van der Waals surface area (Å²) in [7, 11) is 0. The standard InChI is InChI=1S/C42H73F2N7O9/c1-30(41(11,12)28-46-24-33(52)51-29-42(43,44)22-31(51)23-45)21-32(37(56)57)50-19-17-48(26-35(54)59-39(5,6)7)15-13-47(25-34(53)58-38(2,3)4)14-16-49(18-20-50)27-36(55)60-40(8,9)10/h30-32,46H,13-22,24-29H2,1-12H3,(H,56,57)/t30?,31-,32?/m0/s1. The van der Waals surface area contributed by atoms with Crippen molar-refractivity contribution in [2.45, 2.75) is 131 Å². The van der Waals surface area contributed by atoms with Crippen molar-refractivity contribution >= 4 is 29.8 Å². The van der Waals surface area contributed by atoms with E-state index < -0.39 is 83.0 Å². The van der Waals surface area contributed by atoms with Crippen LogP contribution in [0.2, 0.25) is 0 Å². The van der Waals surface area contributed by atoms with E-state index in [1.165, 1.54) is 0 Å². The number of nitriles is 1. The number of nitrogens with zero attached hydrogens (tertiary/aromatic N) is 6. The summed E-state index contributed by atoms with van der Waals surface area (Å²) < 4.78 is 44.8. The highest BCUT2D eigenvalue weighted by Crippen LogP contribution is 2.33. The summed E-state index contributed by atoms with van der Waals surface area (Å²) in [6.07, 6.45) is -0.497. The number of amides is 1. The fourth-order valence-electron chi connectivity index (χ4n) is 7.03. The topological polar surface area (TPSA) is 185 Å². The number of rotatable bonds is 15. The van der Waals surface area contributed by atoms with Gasteiger partial charge in [0.05, 0.1) is 38.8 Å². The zero-order chi connectivity index (χ0) is 45.9. The van der Waals surface area contributed by atoms with E-state index in [-0.39, 0.29) is 71.2 Å². The van der Waals surface area contributed by atoms with Gasteiger partial charge in [-0.15, -0.1) is 0 Å². The third-order valence-corrected chi connectivity index (χ3v) is 10.4. The molecule has 0 saturated carbocycles. The summed E-state index contributed by atoms with van der Waals surface area (Å²) in [5, 5.41) is 23.1. The quantitative estimate of drug-likeness (QED) is 0.181. The van der Waals surface area contributed by atoms with Gasteiger partial charge >= 0.3 is 23.9 Å². The number of aliphatic carboxylic acids is 1. The molecule has 16 nitrogen and oxygen atoms in total. The highest BCUT2D eigenvalue weighted by atomic mass is 19.3. The average Bonchev–Trinajstić information content (AvgIpc) is 3.38. The number of likely N-dealkylation sites (tertiary alicyclic amines) is 1. The lowest BCUT2D eigenvalue weighted by atomic mass is 9.76. The van der Waals surface area contributed by atoms with Gasteiger partial charge in [0.15, 0.2) is 0 Å². The molecule has 0 aromatic carbocycles. The number of ether oxygens (including phenoxy) is 3. The highest BCUT2D eigenvalue weighted by molar-refractivity contribution is 5.79. The largest absolute Gasteiger partial charge is 0.480 e. The molecule has 0 aromatic heterocycles. The predicted molar refractivity (Wildman–Crippen MR) is 221 cm³/mol. The second kappa shape index (κ2) is 22.0. The first-order valence-corrected chi connectivity index (χ1v) is 21.0. The highest BCUT2D eigenvalue weighted by Gasteiger charge is 2.47. The van der Waals surface area contributed by atoms with Crippen molar-refractivity contribution in [2.75, 3.05) is 91.6 Å². The van der Waals surface area contributed by atoms with Crippen LogP contribution in [0.4, 0.5) is 8.78 Å². The van der Waals surface area contributed by atoms with E-state index in [4.69, 9.17) is 14.2 Å². The van der Waals surface area contributed by atoms with Crippen molar-refractivity contribution < 1.29 is 52.1 Å². The molecule has 3 atom stereocenters. The van der Waals surface area contributed by atoms with Crippen molar-refractivity contribution in [2.24, 2.45) is 11.3 Å². The lowest BCUT2D eigenvalue weighted by Gasteiger charge is -2.39. The molecular formula is C42H73F2N7O9. The zero-order valence-electron chi connectivity index (χ0n) is 38.2. The second-order valence-electron chi connectivity index (χ2n) is 19.9. The van der Waals surface area contributed by atoms with Gasteiger partial charge < -0.3 is 29.5 Å². The van der Waals surface area contributed by atoms with Crippen LogP contribution in [0.3, 0.4) is 0 Å². The summed E-state index contributed by atoms with van der Waals surface area (Å²) >= 11 is 0. The molecule has 0 aromatic rings. The third kappa shape index (κ3) is 19.9. The van der Waals surface area contributed by atoms with Gasteiger partial charge in [0.1, 0.15) is 28.9 Å². The van der Waals surface area contributed by atoms with E-state index in [1.807, 2.05) is 40.4 Å². The normalized spacial score (nSPS) is 20.9. The number of alkyl halides is 2. The molecule has 0 aliphatic carbocycles. The molecule has 2 fully saturated rings. The molecule has 2 rings (SSSR count).